The minimum Gasteiger partial charge on any atom is -0.383 e. The Morgan fingerprint density at radius 3 is 2.47 bits per heavy atom. The summed E-state index contributed by atoms with van der Waals surface area (Å²) in [5.74, 6) is -1.19. The molecule has 9 heteroatoms. The second-order valence-electron chi connectivity index (χ2n) is 7.12. The van der Waals surface area contributed by atoms with Gasteiger partial charge in [-0.1, -0.05) is 30.3 Å². The number of benzene rings is 2. The van der Waals surface area contributed by atoms with Crippen molar-refractivity contribution in [2.75, 3.05) is 5.73 Å². The summed E-state index contributed by atoms with van der Waals surface area (Å²) in [4.78, 5) is 21.1. The van der Waals surface area contributed by atoms with E-state index in [-0.39, 0.29) is 40.9 Å². The number of hydrogen-bond acceptors (Lipinski definition) is 5. The molecule has 2 N–H and O–H groups in total. The number of fused-ring (bicyclic) bond motifs is 1. The fraction of sp³-hybridized carbons (Fsp3) is 0.0435. The van der Waals surface area contributed by atoms with Crippen LogP contribution in [0, 0.1) is 11.6 Å². The van der Waals surface area contributed by atoms with Crippen molar-refractivity contribution in [3.8, 4) is 11.5 Å². The highest BCUT2D eigenvalue weighted by Gasteiger charge is 2.21. The van der Waals surface area contributed by atoms with Gasteiger partial charge < -0.3 is 5.73 Å². The van der Waals surface area contributed by atoms with E-state index < -0.39 is 11.6 Å². The Hall–Kier alpha value is -4.40. The molecule has 0 aliphatic rings. The molecule has 0 aliphatic heterocycles. The highest BCUT2D eigenvalue weighted by molar-refractivity contribution is 6.00. The molecule has 0 saturated heterocycles. The lowest BCUT2D eigenvalue weighted by atomic mass is 10.1. The average molecular weight is 430 g/mol. The van der Waals surface area contributed by atoms with E-state index in [1.165, 1.54) is 27.6 Å². The molecule has 0 unspecified atom stereocenters. The van der Waals surface area contributed by atoms with E-state index in [2.05, 4.69) is 15.1 Å². The van der Waals surface area contributed by atoms with Crippen LogP contribution in [0.3, 0.4) is 0 Å². The Labute approximate surface area is 180 Å². The Balaban J connectivity index is 1.60. The first kappa shape index (κ1) is 19.6. The monoisotopic (exact) mass is 430 g/mol. The van der Waals surface area contributed by atoms with Crippen molar-refractivity contribution in [2.24, 2.45) is 0 Å². The summed E-state index contributed by atoms with van der Waals surface area (Å²) in [7, 11) is 0. The molecule has 3 aromatic heterocycles. The van der Waals surface area contributed by atoms with Gasteiger partial charge in [0.15, 0.2) is 5.82 Å². The lowest BCUT2D eigenvalue weighted by Crippen LogP contribution is -2.14. The second kappa shape index (κ2) is 7.69. The number of carbonyl (C=O) groups is 1. The molecule has 0 saturated carbocycles. The van der Waals surface area contributed by atoms with Gasteiger partial charge in [-0.25, -0.2) is 18.7 Å². The number of nitrogen functional groups attached to an aromatic ring is 1. The Kier molecular flexibility index (Phi) is 4.70. The number of nitrogens with zero attached hydrogens (tertiary/aromatic N) is 5. The summed E-state index contributed by atoms with van der Waals surface area (Å²) in [6, 6.07) is 14.2. The van der Waals surface area contributed by atoms with Crippen molar-refractivity contribution < 1.29 is 13.6 Å². The quantitative estimate of drug-likeness (QED) is 0.467. The molecular weight excluding hydrogens is 414 g/mol. The Morgan fingerprint density at radius 2 is 1.72 bits per heavy atom. The predicted octanol–water partition coefficient (Wildman–Crippen LogP) is 3.89. The van der Waals surface area contributed by atoms with Crippen LogP contribution in [0.15, 0.2) is 73.2 Å². The molecular formula is C23H16F2N6O. The largest absolute Gasteiger partial charge is 0.383 e. The summed E-state index contributed by atoms with van der Waals surface area (Å²) in [5.41, 5.74) is 7.01. The number of nitrogens with two attached hydrogens (primary N) is 1. The van der Waals surface area contributed by atoms with Crippen molar-refractivity contribution in [1.29, 1.82) is 0 Å². The molecule has 0 amide bonds. The number of hydrogen-bond donors (Lipinski definition) is 1. The van der Waals surface area contributed by atoms with Crippen molar-refractivity contribution in [3.63, 3.8) is 0 Å². The van der Waals surface area contributed by atoms with Crippen LogP contribution >= 0.6 is 0 Å². The fourth-order valence-corrected chi connectivity index (χ4v) is 3.54. The van der Waals surface area contributed by atoms with Crippen LogP contribution in [0.5, 0.6) is 0 Å². The first-order chi connectivity index (χ1) is 15.5. The van der Waals surface area contributed by atoms with Gasteiger partial charge in [-0.3, -0.25) is 14.0 Å². The van der Waals surface area contributed by atoms with Gasteiger partial charge in [0.05, 0.1) is 6.54 Å². The lowest BCUT2D eigenvalue weighted by molar-refractivity contribution is 0.0960. The van der Waals surface area contributed by atoms with Crippen LogP contribution in [-0.2, 0) is 6.54 Å². The number of aromatic nitrogens is 5. The molecule has 32 heavy (non-hydrogen) atoms. The molecule has 0 radical (unpaired) electrons. The molecule has 0 aliphatic carbocycles. The lowest BCUT2D eigenvalue weighted by Gasteiger charge is -2.06. The van der Waals surface area contributed by atoms with E-state index in [0.29, 0.717) is 10.9 Å². The summed E-state index contributed by atoms with van der Waals surface area (Å²) in [6.07, 6.45) is 4.51. The molecule has 158 valence electrons. The molecule has 5 aromatic rings. The summed E-state index contributed by atoms with van der Waals surface area (Å²) in [6.45, 7) is 0.0176. The number of anilines is 1. The maximum absolute atomic E-state index is 14.7. The first-order valence-electron chi connectivity index (χ1n) is 9.72. The number of rotatable bonds is 4. The first-order valence-corrected chi connectivity index (χ1v) is 9.72. The van der Waals surface area contributed by atoms with Gasteiger partial charge in [-0.15, -0.1) is 0 Å². The van der Waals surface area contributed by atoms with E-state index in [0.717, 1.165) is 0 Å². The number of para-hydroxylation sites is 1. The minimum atomic E-state index is -0.509. The van der Waals surface area contributed by atoms with Gasteiger partial charge >= 0.3 is 0 Å². The standard InChI is InChI=1S/C23H16F2N6O/c24-17-8-2-1-6-14(17)13-31-20-15(7-5-9-18(20)25)19(29-31)22-27-12-16(21(26)28-22)23(32)30-10-3-4-11-30/h1-12H,13H2,(H2,26,27,28). The van der Waals surface area contributed by atoms with Gasteiger partial charge in [-0.2, -0.15) is 5.10 Å². The van der Waals surface area contributed by atoms with Crippen LogP contribution in [0.2, 0.25) is 0 Å². The SMILES string of the molecule is Nc1nc(-c2nn(Cc3ccccc3F)c3c(F)cccc23)ncc1C(=O)n1cccc1. The zero-order valence-electron chi connectivity index (χ0n) is 16.6. The Morgan fingerprint density at radius 1 is 0.969 bits per heavy atom. The van der Waals surface area contributed by atoms with Crippen molar-refractivity contribution >= 4 is 22.6 Å². The number of carbonyl (C=O) groups excluding carboxylic acids is 1. The van der Waals surface area contributed by atoms with Crippen LogP contribution in [0.4, 0.5) is 14.6 Å². The Bertz CT molecular complexity index is 1460. The smallest absolute Gasteiger partial charge is 0.267 e. The maximum atomic E-state index is 14.7. The van der Waals surface area contributed by atoms with Crippen molar-refractivity contribution in [1.82, 2.24) is 24.3 Å². The summed E-state index contributed by atoms with van der Waals surface area (Å²) >= 11 is 0. The predicted molar refractivity (Wildman–Crippen MR) is 115 cm³/mol. The van der Waals surface area contributed by atoms with Gasteiger partial charge in [0, 0.05) is 29.5 Å². The van der Waals surface area contributed by atoms with Gasteiger partial charge in [0.25, 0.3) is 5.91 Å². The molecule has 7 nitrogen and oxygen atoms in total. The molecule has 5 rings (SSSR count). The third-order valence-corrected chi connectivity index (χ3v) is 5.10. The molecule has 3 heterocycles. The second-order valence-corrected chi connectivity index (χ2v) is 7.12. The molecule has 0 fully saturated rings. The molecule has 0 spiro atoms. The van der Waals surface area contributed by atoms with Crippen LogP contribution in [0.25, 0.3) is 22.4 Å². The van der Waals surface area contributed by atoms with E-state index in [1.54, 1.807) is 54.9 Å². The molecule has 0 bridgehead atoms. The molecule has 2 aromatic carbocycles. The van der Waals surface area contributed by atoms with Gasteiger partial charge in [0.1, 0.15) is 34.2 Å². The highest BCUT2D eigenvalue weighted by atomic mass is 19.1. The van der Waals surface area contributed by atoms with E-state index in [9.17, 15) is 13.6 Å². The normalized spacial score (nSPS) is 11.2. The van der Waals surface area contributed by atoms with E-state index in [1.807, 2.05) is 0 Å². The maximum Gasteiger partial charge on any atom is 0.267 e. The topological polar surface area (TPSA) is 91.6 Å². The average Bonchev–Trinajstić information content (AvgIpc) is 3.44. The van der Waals surface area contributed by atoms with Crippen molar-refractivity contribution in [2.45, 2.75) is 6.54 Å². The van der Waals surface area contributed by atoms with E-state index in [4.69, 9.17) is 5.73 Å². The molecule has 0 atom stereocenters. The minimum absolute atomic E-state index is 0.0176. The van der Waals surface area contributed by atoms with Crippen LogP contribution in [-0.4, -0.2) is 30.2 Å². The van der Waals surface area contributed by atoms with Gasteiger partial charge in [-0.05, 0) is 24.3 Å². The summed E-state index contributed by atoms with van der Waals surface area (Å²) < 4.78 is 31.6. The number of halogens is 2. The zero-order chi connectivity index (χ0) is 22.2. The van der Waals surface area contributed by atoms with Gasteiger partial charge in [0.2, 0.25) is 0 Å². The zero-order valence-corrected chi connectivity index (χ0v) is 16.6. The third-order valence-electron chi connectivity index (χ3n) is 5.10. The highest BCUT2D eigenvalue weighted by Crippen LogP contribution is 2.29. The third kappa shape index (κ3) is 3.29. The van der Waals surface area contributed by atoms with Crippen LogP contribution in [0.1, 0.15) is 15.9 Å². The van der Waals surface area contributed by atoms with Crippen LogP contribution < -0.4 is 5.73 Å². The summed E-state index contributed by atoms with van der Waals surface area (Å²) in [5, 5.41) is 4.91. The van der Waals surface area contributed by atoms with Crippen molar-refractivity contribution in [3.05, 3.63) is 95.9 Å². The fourth-order valence-electron chi connectivity index (χ4n) is 3.54. The van der Waals surface area contributed by atoms with E-state index >= 15 is 0 Å².